The first-order valence-corrected chi connectivity index (χ1v) is 8.99. The van der Waals surface area contributed by atoms with Crippen molar-refractivity contribution in [2.75, 3.05) is 42.6 Å². The van der Waals surface area contributed by atoms with E-state index >= 15 is 0 Å². The van der Waals surface area contributed by atoms with E-state index in [1.807, 2.05) is 11.0 Å². The van der Waals surface area contributed by atoms with Gasteiger partial charge in [-0.15, -0.1) is 0 Å². The number of benzene rings is 1. The van der Waals surface area contributed by atoms with Gasteiger partial charge in [0.2, 0.25) is 5.91 Å². The Hall–Kier alpha value is -2.86. The number of carbonyl (C=O) groups is 1. The van der Waals surface area contributed by atoms with Crippen molar-refractivity contribution in [2.45, 2.75) is 5.16 Å². The molecule has 9 heteroatoms. The summed E-state index contributed by atoms with van der Waals surface area (Å²) in [6, 6.07) is 8.54. The fourth-order valence-corrected chi connectivity index (χ4v) is 3.38. The second-order valence-corrected chi connectivity index (χ2v) is 6.61. The number of nitriles is 1. The van der Waals surface area contributed by atoms with Gasteiger partial charge >= 0.3 is 0 Å². The third-order valence-electron chi connectivity index (χ3n) is 4.07. The second kappa shape index (κ2) is 8.01. The number of thioether (sulfide) groups is 1. The Morgan fingerprint density at radius 2 is 2.04 bits per heavy atom. The van der Waals surface area contributed by atoms with Crippen LogP contribution in [0.4, 0.5) is 15.9 Å². The van der Waals surface area contributed by atoms with E-state index in [0.29, 0.717) is 37.0 Å². The lowest BCUT2D eigenvalue weighted by atomic mass is 10.2. The van der Waals surface area contributed by atoms with Crippen molar-refractivity contribution in [1.29, 1.82) is 5.26 Å². The maximum absolute atomic E-state index is 13.9. The lowest BCUT2D eigenvalue weighted by Crippen LogP contribution is -2.49. The molecule has 1 amide bonds. The molecule has 26 heavy (non-hydrogen) atoms. The lowest BCUT2D eigenvalue weighted by molar-refractivity contribution is -0.128. The third kappa shape index (κ3) is 4.03. The van der Waals surface area contributed by atoms with Gasteiger partial charge in [0.15, 0.2) is 5.16 Å². The smallest absolute Gasteiger partial charge is 0.233 e. The molecular weight excluding hydrogens is 355 g/mol. The molecule has 3 rings (SSSR count). The van der Waals surface area contributed by atoms with Gasteiger partial charge < -0.3 is 15.5 Å². The number of hydrogen-bond donors (Lipinski definition) is 1. The molecule has 1 aromatic carbocycles. The summed E-state index contributed by atoms with van der Waals surface area (Å²) in [6.45, 7) is 2.23. The van der Waals surface area contributed by atoms with Crippen molar-refractivity contribution >= 4 is 29.2 Å². The molecule has 1 fully saturated rings. The molecule has 0 spiro atoms. The van der Waals surface area contributed by atoms with Crippen LogP contribution >= 0.6 is 11.8 Å². The molecule has 1 aliphatic heterocycles. The van der Waals surface area contributed by atoms with Crippen LogP contribution in [0.1, 0.15) is 5.56 Å². The van der Waals surface area contributed by atoms with Crippen LogP contribution in [0.3, 0.4) is 0 Å². The van der Waals surface area contributed by atoms with Gasteiger partial charge in [-0.1, -0.05) is 23.9 Å². The number of nitrogen functional groups attached to an aromatic ring is 1. The fraction of sp³-hybridized carbons (Fsp3) is 0.294. The summed E-state index contributed by atoms with van der Waals surface area (Å²) < 4.78 is 13.9. The molecule has 1 aliphatic rings. The molecule has 2 heterocycles. The highest BCUT2D eigenvalue weighted by molar-refractivity contribution is 7.99. The van der Waals surface area contributed by atoms with Gasteiger partial charge in [0, 0.05) is 26.2 Å². The predicted octanol–water partition coefficient (Wildman–Crippen LogP) is 1.51. The number of hydrogen-bond acceptors (Lipinski definition) is 7. The van der Waals surface area contributed by atoms with E-state index in [0.717, 1.165) is 0 Å². The van der Waals surface area contributed by atoms with Gasteiger partial charge in [-0.05, 0) is 12.1 Å². The number of nitrogens with zero attached hydrogens (tertiary/aromatic N) is 5. The Labute approximate surface area is 154 Å². The average molecular weight is 372 g/mol. The molecule has 134 valence electrons. The number of anilines is 2. The SMILES string of the molecule is N#Cc1cnc(SCC(=O)N2CCN(c3ccccc3F)CC2)nc1N. The first kappa shape index (κ1) is 17.9. The summed E-state index contributed by atoms with van der Waals surface area (Å²) in [4.78, 5) is 24.1. The molecular formula is C17H17FN6OS. The molecule has 0 atom stereocenters. The monoisotopic (exact) mass is 372 g/mol. The maximum atomic E-state index is 13.9. The molecule has 0 bridgehead atoms. The Balaban J connectivity index is 1.52. The Bertz CT molecular complexity index is 847. The lowest BCUT2D eigenvalue weighted by Gasteiger charge is -2.36. The highest BCUT2D eigenvalue weighted by Crippen LogP contribution is 2.21. The van der Waals surface area contributed by atoms with Crippen molar-refractivity contribution in [2.24, 2.45) is 0 Å². The summed E-state index contributed by atoms with van der Waals surface area (Å²) in [5, 5.41) is 9.17. The summed E-state index contributed by atoms with van der Waals surface area (Å²) in [6.07, 6.45) is 1.35. The molecule has 0 aliphatic carbocycles. The molecule has 1 aromatic heterocycles. The van der Waals surface area contributed by atoms with Crippen molar-refractivity contribution in [1.82, 2.24) is 14.9 Å². The summed E-state index contributed by atoms with van der Waals surface area (Å²) >= 11 is 1.18. The predicted molar refractivity (Wildman–Crippen MR) is 97.1 cm³/mol. The minimum Gasteiger partial charge on any atom is -0.382 e. The van der Waals surface area contributed by atoms with Crippen LogP contribution in [0, 0.1) is 17.1 Å². The van der Waals surface area contributed by atoms with Crippen molar-refractivity contribution in [3.63, 3.8) is 0 Å². The van der Waals surface area contributed by atoms with E-state index in [9.17, 15) is 9.18 Å². The number of carbonyl (C=O) groups excluding carboxylic acids is 1. The Morgan fingerprint density at radius 3 is 2.69 bits per heavy atom. The van der Waals surface area contributed by atoms with E-state index in [1.165, 1.54) is 24.0 Å². The standard InChI is InChI=1S/C17H17FN6OS/c18-13-3-1-2-4-14(13)23-5-7-24(8-6-23)15(25)11-26-17-21-10-12(9-19)16(20)22-17/h1-4,10H,5-8,11H2,(H2,20,21,22). The summed E-state index contributed by atoms with van der Waals surface area (Å²) in [5.74, 6) is 0.00875. The Morgan fingerprint density at radius 1 is 1.31 bits per heavy atom. The topological polar surface area (TPSA) is 99.1 Å². The fourth-order valence-electron chi connectivity index (χ4n) is 2.66. The van der Waals surface area contributed by atoms with E-state index in [2.05, 4.69) is 9.97 Å². The number of nitrogens with two attached hydrogens (primary N) is 1. The third-order valence-corrected chi connectivity index (χ3v) is 4.91. The van der Waals surface area contributed by atoms with Gasteiger partial charge in [0.05, 0.1) is 17.6 Å². The van der Waals surface area contributed by atoms with E-state index < -0.39 is 0 Å². The van der Waals surface area contributed by atoms with Gasteiger partial charge in [-0.25, -0.2) is 14.4 Å². The van der Waals surface area contributed by atoms with Gasteiger partial charge in [0.1, 0.15) is 23.3 Å². The minimum absolute atomic E-state index is 0.0327. The van der Waals surface area contributed by atoms with Gasteiger partial charge in [-0.2, -0.15) is 5.26 Å². The number of piperazine rings is 1. The summed E-state index contributed by atoms with van der Waals surface area (Å²) in [5.41, 5.74) is 6.42. The maximum Gasteiger partial charge on any atom is 0.233 e. The average Bonchev–Trinajstić information content (AvgIpc) is 2.67. The van der Waals surface area contributed by atoms with Crippen LogP contribution in [-0.4, -0.2) is 52.7 Å². The number of para-hydroxylation sites is 1. The minimum atomic E-state index is -0.251. The van der Waals surface area contributed by atoms with Crippen LogP contribution in [0.15, 0.2) is 35.6 Å². The zero-order valence-electron chi connectivity index (χ0n) is 13.9. The quantitative estimate of drug-likeness (QED) is 0.641. The molecule has 0 radical (unpaired) electrons. The zero-order valence-corrected chi connectivity index (χ0v) is 14.7. The van der Waals surface area contributed by atoms with Crippen LogP contribution < -0.4 is 10.6 Å². The van der Waals surface area contributed by atoms with Crippen LogP contribution in [0.2, 0.25) is 0 Å². The van der Waals surface area contributed by atoms with Crippen molar-refractivity contribution < 1.29 is 9.18 Å². The van der Waals surface area contributed by atoms with Crippen molar-refractivity contribution in [3.8, 4) is 6.07 Å². The van der Waals surface area contributed by atoms with Crippen LogP contribution in [0.5, 0.6) is 0 Å². The highest BCUT2D eigenvalue weighted by atomic mass is 32.2. The van der Waals surface area contributed by atoms with E-state index in [-0.39, 0.29) is 28.9 Å². The number of aromatic nitrogens is 2. The first-order valence-electron chi connectivity index (χ1n) is 8.01. The molecule has 2 N–H and O–H groups in total. The number of rotatable bonds is 4. The van der Waals surface area contributed by atoms with Gasteiger partial charge in [0.25, 0.3) is 0 Å². The van der Waals surface area contributed by atoms with Gasteiger partial charge in [-0.3, -0.25) is 4.79 Å². The summed E-state index contributed by atoms with van der Waals surface area (Å²) in [7, 11) is 0. The van der Waals surface area contributed by atoms with E-state index in [4.69, 9.17) is 11.0 Å². The number of amides is 1. The zero-order chi connectivity index (χ0) is 18.5. The molecule has 1 saturated heterocycles. The molecule has 7 nitrogen and oxygen atoms in total. The van der Waals surface area contributed by atoms with Crippen molar-refractivity contribution in [3.05, 3.63) is 41.8 Å². The van der Waals surface area contributed by atoms with Crippen LogP contribution in [0.25, 0.3) is 0 Å². The largest absolute Gasteiger partial charge is 0.382 e. The molecule has 0 unspecified atom stereocenters. The Kier molecular flexibility index (Phi) is 5.53. The van der Waals surface area contributed by atoms with Crippen LogP contribution in [-0.2, 0) is 4.79 Å². The first-order chi connectivity index (χ1) is 12.6. The molecule has 0 saturated carbocycles. The molecule has 2 aromatic rings. The highest BCUT2D eigenvalue weighted by Gasteiger charge is 2.23. The number of halogens is 1. The second-order valence-electron chi connectivity index (χ2n) is 5.67. The van der Waals surface area contributed by atoms with E-state index in [1.54, 1.807) is 23.1 Å². The normalized spacial score (nSPS) is 14.2.